The molecule has 1 aliphatic rings. The Labute approximate surface area is 107 Å². The third-order valence-corrected chi connectivity index (χ3v) is 3.52. The summed E-state index contributed by atoms with van der Waals surface area (Å²) in [6.07, 6.45) is 2.12. The zero-order chi connectivity index (χ0) is 13.1. The molecule has 1 aromatic rings. The number of hydrogen-bond acceptors (Lipinski definition) is 3. The minimum absolute atomic E-state index is 0.317. The maximum absolute atomic E-state index is 13.3. The summed E-state index contributed by atoms with van der Waals surface area (Å²) in [5.41, 5.74) is 0.663. The molecule has 1 aromatic carbocycles. The van der Waals surface area contributed by atoms with Crippen molar-refractivity contribution in [3.63, 3.8) is 0 Å². The van der Waals surface area contributed by atoms with Crippen LogP contribution in [0.5, 0.6) is 0 Å². The number of likely N-dealkylation sites (tertiary alicyclic amines) is 1. The van der Waals surface area contributed by atoms with Crippen molar-refractivity contribution < 1.29 is 13.9 Å². The van der Waals surface area contributed by atoms with Gasteiger partial charge in [-0.1, -0.05) is 12.1 Å². The van der Waals surface area contributed by atoms with Crippen LogP contribution >= 0.6 is 0 Å². The van der Waals surface area contributed by atoms with Crippen LogP contribution < -0.4 is 0 Å². The summed E-state index contributed by atoms with van der Waals surface area (Å²) in [6.45, 7) is 2.93. The predicted octanol–water partition coefficient (Wildman–Crippen LogP) is 2.52. The summed E-state index contributed by atoms with van der Waals surface area (Å²) in [6, 6.07) is 6.01. The molecule has 2 rings (SSSR count). The number of hydrogen-bond donors (Lipinski definition) is 0. The van der Waals surface area contributed by atoms with Gasteiger partial charge in [0.25, 0.3) is 0 Å². The number of methoxy groups -OCH3 is 1. The summed E-state index contributed by atoms with van der Waals surface area (Å²) >= 11 is 0. The van der Waals surface area contributed by atoms with Crippen molar-refractivity contribution in [2.45, 2.75) is 31.8 Å². The Balaban J connectivity index is 2.33. The molecule has 1 saturated heterocycles. The lowest BCUT2D eigenvalue weighted by Crippen LogP contribution is -2.37. The molecule has 0 N–H and O–H groups in total. The fourth-order valence-corrected chi connectivity index (χ4v) is 2.59. The van der Waals surface area contributed by atoms with Crippen LogP contribution in [0.15, 0.2) is 24.3 Å². The highest BCUT2D eigenvalue weighted by molar-refractivity contribution is 5.77. The van der Waals surface area contributed by atoms with Gasteiger partial charge in [-0.15, -0.1) is 0 Å². The number of rotatable bonds is 3. The molecule has 4 heteroatoms. The van der Waals surface area contributed by atoms with Crippen LogP contribution in [-0.4, -0.2) is 30.6 Å². The van der Waals surface area contributed by atoms with Crippen molar-refractivity contribution >= 4 is 5.97 Å². The second-order valence-corrected chi connectivity index (χ2v) is 4.71. The Hall–Kier alpha value is -1.42. The lowest BCUT2D eigenvalue weighted by Gasteiger charge is -2.29. The number of ether oxygens (including phenoxy) is 1. The zero-order valence-corrected chi connectivity index (χ0v) is 10.7. The molecule has 0 amide bonds. The molecule has 0 aromatic heterocycles. The highest BCUT2D eigenvalue weighted by atomic mass is 19.1. The van der Waals surface area contributed by atoms with Crippen molar-refractivity contribution in [2.75, 3.05) is 13.7 Å². The summed E-state index contributed by atoms with van der Waals surface area (Å²) in [5, 5.41) is 0. The third-order valence-electron chi connectivity index (χ3n) is 3.52. The summed E-state index contributed by atoms with van der Waals surface area (Å²) in [7, 11) is 1.37. The van der Waals surface area contributed by atoms with Gasteiger partial charge >= 0.3 is 5.97 Å². The van der Waals surface area contributed by atoms with Crippen molar-refractivity contribution in [1.29, 1.82) is 0 Å². The van der Waals surface area contributed by atoms with E-state index in [4.69, 9.17) is 4.74 Å². The van der Waals surface area contributed by atoms with E-state index in [-0.39, 0.29) is 11.8 Å². The van der Waals surface area contributed by atoms with Crippen LogP contribution in [0.4, 0.5) is 4.39 Å². The topological polar surface area (TPSA) is 29.5 Å². The van der Waals surface area contributed by atoms with Crippen molar-refractivity contribution in [1.82, 2.24) is 4.90 Å². The molecule has 1 aliphatic heterocycles. The molecule has 98 valence electrons. The van der Waals surface area contributed by atoms with E-state index in [1.807, 2.05) is 0 Å². The number of halogens is 1. The molecular weight excluding hydrogens is 233 g/mol. The van der Waals surface area contributed by atoms with Crippen LogP contribution in [0.25, 0.3) is 0 Å². The van der Waals surface area contributed by atoms with Crippen LogP contribution in [0.3, 0.4) is 0 Å². The van der Waals surface area contributed by atoms with Crippen LogP contribution in [0, 0.1) is 5.82 Å². The van der Waals surface area contributed by atoms with Gasteiger partial charge in [0.15, 0.2) is 0 Å². The number of carbonyl (C=O) groups is 1. The molecule has 0 radical (unpaired) electrons. The second-order valence-electron chi connectivity index (χ2n) is 4.71. The molecule has 0 unspecified atom stereocenters. The van der Waals surface area contributed by atoms with E-state index in [9.17, 15) is 9.18 Å². The molecule has 3 nitrogen and oxygen atoms in total. The van der Waals surface area contributed by atoms with E-state index in [0.29, 0.717) is 11.6 Å². The van der Waals surface area contributed by atoms with Gasteiger partial charge in [0, 0.05) is 6.04 Å². The van der Waals surface area contributed by atoms with Crippen molar-refractivity contribution in [3.05, 3.63) is 35.6 Å². The highest BCUT2D eigenvalue weighted by Crippen LogP contribution is 2.30. The molecule has 1 fully saturated rings. The number of benzene rings is 1. The normalized spacial score (nSPS) is 21.8. The Kier molecular flexibility index (Phi) is 3.97. The first kappa shape index (κ1) is 13.0. The molecule has 0 bridgehead atoms. The van der Waals surface area contributed by atoms with Gasteiger partial charge in [0.2, 0.25) is 0 Å². The summed E-state index contributed by atoms with van der Waals surface area (Å²) < 4.78 is 18.2. The first-order valence-corrected chi connectivity index (χ1v) is 6.22. The standard InChI is InChI=1S/C14H18FNO2/c1-10-5-4-8-16(10)13(14(17)18-2)11-6-3-7-12(15)9-11/h3,6-7,9-10,13H,4-5,8H2,1-2H3/t10-,13-/m1/s1. The fraction of sp³-hybridized carbons (Fsp3) is 0.500. The van der Waals surface area contributed by atoms with E-state index >= 15 is 0 Å². The molecule has 0 saturated carbocycles. The average molecular weight is 251 g/mol. The Bertz CT molecular complexity index is 436. The SMILES string of the molecule is COC(=O)[C@@H](c1cccc(F)c1)N1CCC[C@H]1C. The monoisotopic (exact) mass is 251 g/mol. The van der Waals surface area contributed by atoms with Gasteiger partial charge in [-0.3, -0.25) is 4.90 Å². The van der Waals surface area contributed by atoms with Gasteiger partial charge in [-0.2, -0.15) is 0 Å². The van der Waals surface area contributed by atoms with Gasteiger partial charge < -0.3 is 4.74 Å². The third kappa shape index (κ3) is 2.53. The number of carbonyl (C=O) groups excluding carboxylic acids is 1. The van der Waals surface area contributed by atoms with E-state index in [0.717, 1.165) is 19.4 Å². The first-order valence-electron chi connectivity index (χ1n) is 6.22. The van der Waals surface area contributed by atoms with Gasteiger partial charge in [-0.05, 0) is 44.0 Å². The molecule has 0 spiro atoms. The van der Waals surface area contributed by atoms with Crippen molar-refractivity contribution in [2.24, 2.45) is 0 Å². The van der Waals surface area contributed by atoms with E-state index < -0.39 is 6.04 Å². The fourth-order valence-electron chi connectivity index (χ4n) is 2.59. The van der Waals surface area contributed by atoms with Gasteiger partial charge in [0.1, 0.15) is 11.9 Å². The maximum Gasteiger partial charge on any atom is 0.327 e. The zero-order valence-electron chi connectivity index (χ0n) is 10.7. The minimum atomic E-state index is -0.497. The summed E-state index contributed by atoms with van der Waals surface area (Å²) in [4.78, 5) is 14.1. The largest absolute Gasteiger partial charge is 0.468 e. The Morgan fingerprint density at radius 2 is 2.33 bits per heavy atom. The minimum Gasteiger partial charge on any atom is -0.468 e. The molecule has 1 heterocycles. The average Bonchev–Trinajstić information content (AvgIpc) is 2.76. The highest BCUT2D eigenvalue weighted by Gasteiger charge is 2.34. The smallest absolute Gasteiger partial charge is 0.327 e. The molecule has 18 heavy (non-hydrogen) atoms. The molecule has 0 aliphatic carbocycles. The molecular formula is C14H18FNO2. The molecule has 2 atom stereocenters. The lowest BCUT2D eigenvalue weighted by atomic mass is 10.0. The van der Waals surface area contributed by atoms with Crippen molar-refractivity contribution in [3.8, 4) is 0 Å². The lowest BCUT2D eigenvalue weighted by molar-refractivity contribution is -0.147. The maximum atomic E-state index is 13.3. The second kappa shape index (κ2) is 5.48. The first-order chi connectivity index (χ1) is 8.63. The number of nitrogens with zero attached hydrogens (tertiary/aromatic N) is 1. The van der Waals surface area contributed by atoms with Crippen LogP contribution in [0.1, 0.15) is 31.4 Å². The van der Waals surface area contributed by atoms with Gasteiger partial charge in [0.05, 0.1) is 7.11 Å². The van der Waals surface area contributed by atoms with E-state index in [1.165, 1.54) is 19.2 Å². The van der Waals surface area contributed by atoms with E-state index in [2.05, 4.69) is 11.8 Å². The van der Waals surface area contributed by atoms with Gasteiger partial charge in [-0.25, -0.2) is 9.18 Å². The van der Waals surface area contributed by atoms with Crippen LogP contribution in [0.2, 0.25) is 0 Å². The van der Waals surface area contributed by atoms with Crippen LogP contribution in [-0.2, 0) is 9.53 Å². The van der Waals surface area contributed by atoms with E-state index in [1.54, 1.807) is 12.1 Å². The quantitative estimate of drug-likeness (QED) is 0.773. The predicted molar refractivity (Wildman–Crippen MR) is 66.6 cm³/mol. The Morgan fingerprint density at radius 1 is 1.56 bits per heavy atom. The summed E-state index contributed by atoms with van der Waals surface area (Å²) in [5.74, 6) is -0.650. The Morgan fingerprint density at radius 3 is 2.89 bits per heavy atom. The number of esters is 1.